The van der Waals surface area contributed by atoms with Crippen LogP contribution >= 0.6 is 0 Å². The third kappa shape index (κ3) is 2.55. The molecule has 0 saturated heterocycles. The zero-order valence-electron chi connectivity index (χ0n) is 12.3. The molecule has 1 amide bonds. The van der Waals surface area contributed by atoms with Crippen molar-refractivity contribution < 1.29 is 9.21 Å². The standard InChI is InChI=1S/C17H14N4O2/c22-17(14-6-3-11-23-14)18-15-7-8-16(20-19-15)21-10-9-12-4-1-2-5-13(12)21/h1-8,11H,9-10H2,(H,18,19,22). The molecule has 3 aromatic rings. The first-order chi connectivity index (χ1) is 11.3. The molecule has 0 bridgehead atoms. The van der Waals surface area contributed by atoms with Gasteiger partial charge in [0.1, 0.15) is 0 Å². The quantitative estimate of drug-likeness (QED) is 0.805. The molecule has 0 saturated carbocycles. The van der Waals surface area contributed by atoms with Gasteiger partial charge in [0.05, 0.1) is 6.26 Å². The molecular formula is C17H14N4O2. The highest BCUT2D eigenvalue weighted by molar-refractivity contribution is 6.01. The third-order valence-corrected chi connectivity index (χ3v) is 3.80. The lowest BCUT2D eigenvalue weighted by atomic mass is 10.2. The molecule has 1 aliphatic heterocycles. The Kier molecular flexibility index (Phi) is 3.27. The Hall–Kier alpha value is -3.15. The van der Waals surface area contributed by atoms with E-state index in [0.717, 1.165) is 24.5 Å². The van der Waals surface area contributed by atoms with Crippen LogP contribution in [0.4, 0.5) is 17.3 Å². The van der Waals surface area contributed by atoms with Gasteiger partial charge in [-0.1, -0.05) is 18.2 Å². The van der Waals surface area contributed by atoms with Crippen LogP contribution in [0, 0.1) is 0 Å². The van der Waals surface area contributed by atoms with Gasteiger partial charge in [-0.05, 0) is 42.3 Å². The molecule has 3 heterocycles. The largest absolute Gasteiger partial charge is 0.459 e. The van der Waals surface area contributed by atoms with E-state index < -0.39 is 0 Å². The van der Waals surface area contributed by atoms with Crippen molar-refractivity contribution in [2.45, 2.75) is 6.42 Å². The number of hydrogen-bond donors (Lipinski definition) is 1. The van der Waals surface area contributed by atoms with Crippen molar-refractivity contribution in [2.24, 2.45) is 0 Å². The van der Waals surface area contributed by atoms with Gasteiger partial charge in [-0.3, -0.25) is 4.79 Å². The van der Waals surface area contributed by atoms with Crippen molar-refractivity contribution in [2.75, 3.05) is 16.8 Å². The average Bonchev–Trinajstić information content (AvgIpc) is 3.25. The number of para-hydroxylation sites is 1. The Labute approximate surface area is 132 Å². The number of fused-ring (bicyclic) bond motifs is 1. The number of carbonyl (C=O) groups excluding carboxylic acids is 1. The SMILES string of the molecule is O=C(Nc1ccc(N2CCc3ccccc32)nn1)c1ccco1. The Balaban J connectivity index is 1.52. The zero-order chi connectivity index (χ0) is 15.6. The number of rotatable bonds is 3. The molecule has 0 radical (unpaired) electrons. The Bertz CT molecular complexity index is 828. The lowest BCUT2D eigenvalue weighted by Gasteiger charge is -2.17. The number of amides is 1. The molecule has 2 aromatic heterocycles. The minimum absolute atomic E-state index is 0.240. The highest BCUT2D eigenvalue weighted by Gasteiger charge is 2.21. The van der Waals surface area contributed by atoms with Crippen LogP contribution in [0.15, 0.2) is 59.2 Å². The van der Waals surface area contributed by atoms with Crippen molar-refractivity contribution in [1.29, 1.82) is 0 Å². The van der Waals surface area contributed by atoms with Gasteiger partial charge >= 0.3 is 0 Å². The summed E-state index contributed by atoms with van der Waals surface area (Å²) in [5, 5.41) is 11.0. The Morgan fingerprint density at radius 1 is 1.09 bits per heavy atom. The summed E-state index contributed by atoms with van der Waals surface area (Å²) in [6.07, 6.45) is 2.45. The summed E-state index contributed by atoms with van der Waals surface area (Å²) in [5.41, 5.74) is 2.47. The van der Waals surface area contributed by atoms with Gasteiger partial charge < -0.3 is 14.6 Å². The number of aromatic nitrogens is 2. The van der Waals surface area contributed by atoms with Gasteiger partial charge in [0.15, 0.2) is 17.4 Å². The van der Waals surface area contributed by atoms with Gasteiger partial charge in [0.25, 0.3) is 5.91 Å². The second-order valence-electron chi connectivity index (χ2n) is 5.24. The van der Waals surface area contributed by atoms with Crippen LogP contribution in [0.25, 0.3) is 0 Å². The average molecular weight is 306 g/mol. The molecule has 0 fully saturated rings. The van der Waals surface area contributed by atoms with Crippen LogP contribution in [0.1, 0.15) is 16.1 Å². The summed E-state index contributed by atoms with van der Waals surface area (Å²) in [7, 11) is 0. The van der Waals surface area contributed by atoms with Gasteiger partial charge in [-0.2, -0.15) is 0 Å². The number of nitrogens with zero attached hydrogens (tertiary/aromatic N) is 3. The monoisotopic (exact) mass is 306 g/mol. The molecule has 0 aliphatic carbocycles. The van der Waals surface area contributed by atoms with Gasteiger partial charge in [-0.15, -0.1) is 10.2 Å². The summed E-state index contributed by atoms with van der Waals surface area (Å²) >= 11 is 0. The third-order valence-electron chi connectivity index (χ3n) is 3.80. The second kappa shape index (κ2) is 5.57. The molecule has 114 valence electrons. The van der Waals surface area contributed by atoms with Crippen LogP contribution in [0.2, 0.25) is 0 Å². The predicted molar refractivity (Wildman–Crippen MR) is 85.8 cm³/mol. The first-order valence-electron chi connectivity index (χ1n) is 7.35. The van der Waals surface area contributed by atoms with Crippen LogP contribution in [-0.4, -0.2) is 22.6 Å². The maximum absolute atomic E-state index is 11.9. The molecule has 23 heavy (non-hydrogen) atoms. The number of anilines is 3. The molecule has 4 rings (SSSR count). The van der Waals surface area contributed by atoms with Gasteiger partial charge in [0, 0.05) is 12.2 Å². The van der Waals surface area contributed by atoms with Crippen LogP contribution < -0.4 is 10.2 Å². The fourth-order valence-electron chi connectivity index (χ4n) is 2.70. The number of furan rings is 1. The number of carbonyl (C=O) groups is 1. The molecule has 0 unspecified atom stereocenters. The van der Waals surface area contributed by atoms with Crippen LogP contribution in [0.5, 0.6) is 0 Å². The van der Waals surface area contributed by atoms with E-state index in [0.29, 0.717) is 5.82 Å². The number of hydrogen-bond acceptors (Lipinski definition) is 5. The van der Waals surface area contributed by atoms with E-state index >= 15 is 0 Å². The first kappa shape index (κ1) is 13.5. The normalized spacial score (nSPS) is 13.0. The summed E-state index contributed by atoms with van der Waals surface area (Å²) in [6.45, 7) is 0.881. The molecular weight excluding hydrogens is 292 g/mol. The van der Waals surface area contributed by atoms with E-state index in [9.17, 15) is 4.79 Å². The number of nitrogens with one attached hydrogen (secondary N) is 1. The minimum Gasteiger partial charge on any atom is -0.459 e. The fourth-order valence-corrected chi connectivity index (χ4v) is 2.70. The molecule has 0 atom stereocenters. The Morgan fingerprint density at radius 3 is 2.78 bits per heavy atom. The maximum Gasteiger partial charge on any atom is 0.292 e. The summed E-state index contributed by atoms with van der Waals surface area (Å²) in [4.78, 5) is 14.0. The highest BCUT2D eigenvalue weighted by Crippen LogP contribution is 2.32. The van der Waals surface area contributed by atoms with E-state index in [2.05, 4.69) is 32.5 Å². The van der Waals surface area contributed by atoms with E-state index in [1.807, 2.05) is 18.2 Å². The first-order valence-corrected chi connectivity index (χ1v) is 7.35. The van der Waals surface area contributed by atoms with Crippen molar-refractivity contribution in [3.05, 3.63) is 66.1 Å². The van der Waals surface area contributed by atoms with Crippen molar-refractivity contribution in [3.8, 4) is 0 Å². The van der Waals surface area contributed by atoms with Crippen molar-refractivity contribution in [1.82, 2.24) is 10.2 Å². The van der Waals surface area contributed by atoms with Crippen molar-refractivity contribution >= 4 is 23.2 Å². The lowest BCUT2D eigenvalue weighted by Crippen LogP contribution is -2.17. The number of benzene rings is 1. The highest BCUT2D eigenvalue weighted by atomic mass is 16.3. The second-order valence-corrected chi connectivity index (χ2v) is 5.24. The zero-order valence-corrected chi connectivity index (χ0v) is 12.3. The lowest BCUT2D eigenvalue weighted by molar-refractivity contribution is 0.0996. The van der Waals surface area contributed by atoms with E-state index in [1.54, 1.807) is 18.2 Å². The smallest absolute Gasteiger partial charge is 0.292 e. The molecule has 0 spiro atoms. The molecule has 6 heteroatoms. The molecule has 1 aliphatic rings. The predicted octanol–water partition coefficient (Wildman–Crippen LogP) is 3.02. The van der Waals surface area contributed by atoms with Crippen LogP contribution in [-0.2, 0) is 6.42 Å². The van der Waals surface area contributed by atoms with Crippen molar-refractivity contribution in [3.63, 3.8) is 0 Å². The summed E-state index contributed by atoms with van der Waals surface area (Å²) < 4.78 is 5.04. The van der Waals surface area contributed by atoms with Crippen LogP contribution in [0.3, 0.4) is 0 Å². The van der Waals surface area contributed by atoms with E-state index in [4.69, 9.17) is 4.42 Å². The molecule has 6 nitrogen and oxygen atoms in total. The summed E-state index contributed by atoms with van der Waals surface area (Å²) in [5.74, 6) is 1.06. The van der Waals surface area contributed by atoms with E-state index in [-0.39, 0.29) is 11.7 Å². The maximum atomic E-state index is 11.9. The summed E-state index contributed by atoms with van der Waals surface area (Å²) in [6, 6.07) is 15.1. The molecule has 1 aromatic carbocycles. The Morgan fingerprint density at radius 2 is 2.00 bits per heavy atom. The molecule has 1 N–H and O–H groups in total. The van der Waals surface area contributed by atoms with E-state index in [1.165, 1.54) is 11.8 Å². The van der Waals surface area contributed by atoms with Gasteiger partial charge in [0.2, 0.25) is 0 Å². The van der Waals surface area contributed by atoms with Gasteiger partial charge in [-0.25, -0.2) is 0 Å². The minimum atomic E-state index is -0.344. The fraction of sp³-hybridized carbons (Fsp3) is 0.118. The topological polar surface area (TPSA) is 71.3 Å².